The fourth-order valence-electron chi connectivity index (χ4n) is 4.04. The Bertz CT molecular complexity index is 1310. The summed E-state index contributed by atoms with van der Waals surface area (Å²) in [6, 6.07) is 12.1. The number of hydrogen-bond donors (Lipinski definition) is 1. The van der Waals surface area contributed by atoms with Crippen LogP contribution in [0.4, 0.5) is 0 Å². The summed E-state index contributed by atoms with van der Waals surface area (Å²) in [6.07, 6.45) is 8.17. The minimum absolute atomic E-state index is 0.0697. The molecule has 0 radical (unpaired) electrons. The van der Waals surface area contributed by atoms with Crippen molar-refractivity contribution in [2.45, 2.75) is 25.8 Å². The molecule has 1 aliphatic rings. The molecule has 0 amide bonds. The standard InChI is InChI=1S/C23H23N5O/c1-3-19-11-15(8-9-24-19)17-5-7-22-25-21(12-23(29)28(22)14-17)16-4-6-20-18(10-16)13-27(2)26-20/h4-8,10,12-14,19,24H,3,9,11H2,1-2H3. The van der Waals surface area contributed by atoms with Crippen molar-refractivity contribution in [3.8, 4) is 11.3 Å². The van der Waals surface area contributed by atoms with Gasteiger partial charge in [-0.05, 0) is 48.2 Å². The first-order valence-electron chi connectivity index (χ1n) is 10.0. The summed E-state index contributed by atoms with van der Waals surface area (Å²) in [6.45, 7) is 3.06. The summed E-state index contributed by atoms with van der Waals surface area (Å²) >= 11 is 0. The number of aromatic nitrogens is 4. The molecular formula is C23H23N5O. The molecule has 0 bridgehead atoms. The summed E-state index contributed by atoms with van der Waals surface area (Å²) in [4.78, 5) is 17.6. The second kappa shape index (κ2) is 6.97. The van der Waals surface area contributed by atoms with Gasteiger partial charge in [-0.1, -0.05) is 19.1 Å². The molecule has 1 N–H and O–H groups in total. The third-order valence-corrected chi connectivity index (χ3v) is 5.66. The Morgan fingerprint density at radius 1 is 1.14 bits per heavy atom. The summed E-state index contributed by atoms with van der Waals surface area (Å²) in [5.74, 6) is 0. The average molecular weight is 385 g/mol. The molecule has 29 heavy (non-hydrogen) atoms. The van der Waals surface area contributed by atoms with E-state index in [2.05, 4.69) is 29.5 Å². The van der Waals surface area contributed by atoms with Gasteiger partial charge in [0.2, 0.25) is 0 Å². The lowest BCUT2D eigenvalue weighted by Gasteiger charge is -2.23. The molecule has 3 aromatic heterocycles. The van der Waals surface area contributed by atoms with E-state index in [1.54, 1.807) is 15.1 Å². The number of aryl methyl sites for hydroxylation is 1. The number of benzene rings is 1. The van der Waals surface area contributed by atoms with Gasteiger partial charge in [0.1, 0.15) is 5.65 Å². The molecule has 1 atom stereocenters. The number of rotatable bonds is 3. The highest BCUT2D eigenvalue weighted by molar-refractivity contribution is 5.83. The van der Waals surface area contributed by atoms with Crippen molar-refractivity contribution in [3.05, 3.63) is 70.8 Å². The van der Waals surface area contributed by atoms with Gasteiger partial charge in [-0.25, -0.2) is 4.98 Å². The number of nitrogens with one attached hydrogen (secondary N) is 1. The Kier molecular flexibility index (Phi) is 4.28. The molecule has 0 spiro atoms. The predicted octanol–water partition coefficient (Wildman–Crippen LogP) is 3.40. The summed E-state index contributed by atoms with van der Waals surface area (Å²) in [7, 11) is 1.90. The molecular weight excluding hydrogens is 362 g/mol. The van der Waals surface area contributed by atoms with Crippen LogP contribution < -0.4 is 10.9 Å². The van der Waals surface area contributed by atoms with Crippen LogP contribution in [0.25, 0.3) is 33.4 Å². The van der Waals surface area contributed by atoms with Crippen LogP contribution >= 0.6 is 0 Å². The first kappa shape index (κ1) is 17.8. The highest BCUT2D eigenvalue weighted by Gasteiger charge is 2.15. The highest BCUT2D eigenvalue weighted by atomic mass is 16.1. The van der Waals surface area contributed by atoms with Crippen molar-refractivity contribution in [2.75, 3.05) is 6.54 Å². The van der Waals surface area contributed by atoms with Crippen LogP contribution in [-0.2, 0) is 7.05 Å². The van der Waals surface area contributed by atoms with Crippen LogP contribution in [0.5, 0.6) is 0 Å². The second-order valence-electron chi connectivity index (χ2n) is 7.65. The minimum atomic E-state index is -0.0697. The van der Waals surface area contributed by atoms with E-state index in [9.17, 15) is 4.79 Å². The van der Waals surface area contributed by atoms with Crippen molar-refractivity contribution in [1.29, 1.82) is 0 Å². The van der Waals surface area contributed by atoms with Gasteiger partial charge in [0.15, 0.2) is 0 Å². The molecule has 6 heteroatoms. The van der Waals surface area contributed by atoms with E-state index in [1.807, 2.05) is 43.7 Å². The molecule has 4 heterocycles. The third kappa shape index (κ3) is 3.25. The van der Waals surface area contributed by atoms with Gasteiger partial charge in [-0.2, -0.15) is 5.10 Å². The van der Waals surface area contributed by atoms with E-state index >= 15 is 0 Å². The predicted molar refractivity (Wildman–Crippen MR) is 116 cm³/mol. The van der Waals surface area contributed by atoms with Crippen LogP contribution in [0.1, 0.15) is 25.3 Å². The van der Waals surface area contributed by atoms with Crippen molar-refractivity contribution < 1.29 is 0 Å². The lowest BCUT2D eigenvalue weighted by Crippen LogP contribution is -2.32. The zero-order valence-electron chi connectivity index (χ0n) is 16.6. The Labute approximate surface area is 168 Å². The topological polar surface area (TPSA) is 64.2 Å². The number of pyridine rings is 1. The molecule has 1 unspecified atom stereocenters. The van der Waals surface area contributed by atoms with Crippen molar-refractivity contribution in [2.24, 2.45) is 7.05 Å². The van der Waals surface area contributed by atoms with Crippen molar-refractivity contribution in [3.63, 3.8) is 0 Å². The molecule has 4 aromatic rings. The number of hydrogen-bond acceptors (Lipinski definition) is 4. The van der Waals surface area contributed by atoms with E-state index in [1.165, 1.54) is 5.57 Å². The van der Waals surface area contributed by atoms with E-state index in [4.69, 9.17) is 4.98 Å². The van der Waals surface area contributed by atoms with Crippen LogP contribution in [-0.4, -0.2) is 31.8 Å². The van der Waals surface area contributed by atoms with E-state index in [0.717, 1.165) is 41.4 Å². The van der Waals surface area contributed by atoms with Crippen molar-refractivity contribution >= 4 is 22.1 Å². The average Bonchev–Trinajstić information content (AvgIpc) is 3.12. The molecule has 0 saturated heterocycles. The monoisotopic (exact) mass is 385 g/mol. The molecule has 146 valence electrons. The quantitative estimate of drug-likeness (QED) is 0.587. The third-order valence-electron chi connectivity index (χ3n) is 5.66. The number of nitrogens with zero attached hydrogens (tertiary/aromatic N) is 4. The first-order chi connectivity index (χ1) is 14.1. The normalized spacial score (nSPS) is 17.0. The molecule has 0 aliphatic carbocycles. The second-order valence-corrected chi connectivity index (χ2v) is 7.65. The van der Waals surface area contributed by atoms with Gasteiger partial charge < -0.3 is 5.32 Å². The first-order valence-corrected chi connectivity index (χ1v) is 10.0. The van der Waals surface area contributed by atoms with E-state index in [0.29, 0.717) is 17.4 Å². The van der Waals surface area contributed by atoms with Gasteiger partial charge in [0.25, 0.3) is 5.56 Å². The van der Waals surface area contributed by atoms with Crippen molar-refractivity contribution in [1.82, 2.24) is 24.5 Å². The van der Waals surface area contributed by atoms with Gasteiger partial charge in [-0.15, -0.1) is 0 Å². The molecule has 0 fully saturated rings. The fraction of sp³-hybridized carbons (Fsp3) is 0.261. The van der Waals surface area contributed by atoms with Gasteiger partial charge in [0.05, 0.1) is 11.2 Å². The smallest absolute Gasteiger partial charge is 0.258 e. The minimum Gasteiger partial charge on any atom is -0.310 e. The summed E-state index contributed by atoms with van der Waals surface area (Å²) < 4.78 is 3.43. The van der Waals surface area contributed by atoms with Crippen LogP contribution in [0.3, 0.4) is 0 Å². The SMILES string of the molecule is CCC1CC(c2ccc3nc(-c4ccc5nn(C)cc5c4)cc(=O)n3c2)=CCN1. The zero-order chi connectivity index (χ0) is 20.0. The lowest BCUT2D eigenvalue weighted by atomic mass is 9.95. The number of fused-ring (bicyclic) bond motifs is 2. The van der Waals surface area contributed by atoms with Gasteiger partial charge >= 0.3 is 0 Å². The maximum Gasteiger partial charge on any atom is 0.258 e. The maximum absolute atomic E-state index is 12.9. The summed E-state index contributed by atoms with van der Waals surface area (Å²) in [5, 5.41) is 8.93. The molecule has 1 aromatic carbocycles. The fourth-order valence-corrected chi connectivity index (χ4v) is 4.04. The molecule has 5 rings (SSSR count). The van der Waals surface area contributed by atoms with E-state index < -0.39 is 0 Å². The zero-order valence-corrected chi connectivity index (χ0v) is 16.6. The molecule has 1 aliphatic heterocycles. The Balaban J connectivity index is 1.56. The highest BCUT2D eigenvalue weighted by Crippen LogP contribution is 2.25. The van der Waals surface area contributed by atoms with Crippen LogP contribution in [0.2, 0.25) is 0 Å². The van der Waals surface area contributed by atoms with E-state index in [-0.39, 0.29) is 5.56 Å². The van der Waals surface area contributed by atoms with Gasteiger partial charge in [0, 0.05) is 49.0 Å². The molecule has 0 saturated carbocycles. The Hall–Kier alpha value is -3.25. The van der Waals surface area contributed by atoms with Crippen LogP contribution in [0.15, 0.2) is 59.7 Å². The van der Waals surface area contributed by atoms with Gasteiger partial charge in [-0.3, -0.25) is 13.9 Å². The largest absolute Gasteiger partial charge is 0.310 e. The van der Waals surface area contributed by atoms with Crippen LogP contribution in [0, 0.1) is 0 Å². The lowest BCUT2D eigenvalue weighted by molar-refractivity contribution is 0.521. The maximum atomic E-state index is 12.9. The summed E-state index contributed by atoms with van der Waals surface area (Å²) in [5.41, 5.74) is 5.49. The molecule has 6 nitrogen and oxygen atoms in total. The Morgan fingerprint density at radius 2 is 2.00 bits per heavy atom. The Morgan fingerprint density at radius 3 is 2.86 bits per heavy atom.